The molecule has 1 aromatic heterocycles. The van der Waals surface area contributed by atoms with Crippen LogP contribution in [0.2, 0.25) is 0 Å². The average molecular weight is 464 g/mol. The molecule has 7 heteroatoms. The van der Waals surface area contributed by atoms with Gasteiger partial charge in [0.05, 0.1) is 12.7 Å². The molecule has 7 nitrogen and oxygen atoms in total. The highest BCUT2D eigenvalue weighted by molar-refractivity contribution is 5.93. The Balaban J connectivity index is 1.30. The molecule has 0 bridgehead atoms. The van der Waals surface area contributed by atoms with E-state index in [2.05, 4.69) is 0 Å². The molecule has 2 heterocycles. The third kappa shape index (κ3) is 4.40. The number of hydrogen-bond acceptors (Lipinski definition) is 6. The van der Waals surface area contributed by atoms with Crippen LogP contribution in [0.4, 0.5) is 0 Å². The number of aliphatic hydroxyl groups is 1. The molecule has 2 fully saturated rings. The lowest BCUT2D eigenvalue weighted by Crippen LogP contribution is -2.55. The number of likely N-dealkylation sites (tertiary alicyclic amines) is 1. The Kier molecular flexibility index (Phi) is 6.04. The second kappa shape index (κ2) is 9.14. The summed E-state index contributed by atoms with van der Waals surface area (Å²) in [6.07, 6.45) is 4.58. The van der Waals surface area contributed by atoms with Gasteiger partial charge in [-0.05, 0) is 54.7 Å². The van der Waals surface area contributed by atoms with Crippen LogP contribution in [0.1, 0.15) is 32.1 Å². The lowest BCUT2D eigenvalue weighted by molar-refractivity contribution is -0.145. The van der Waals surface area contributed by atoms with E-state index in [0.29, 0.717) is 30.8 Å². The average Bonchev–Trinajstić information content (AvgIpc) is 2.86. The van der Waals surface area contributed by atoms with E-state index in [9.17, 15) is 14.7 Å². The maximum atomic E-state index is 12.8. The summed E-state index contributed by atoms with van der Waals surface area (Å²) in [5.74, 6) is 1.24. The Labute approximate surface area is 197 Å². The summed E-state index contributed by atoms with van der Waals surface area (Å²) < 4.78 is 16.4. The predicted octanol–water partition coefficient (Wildman–Crippen LogP) is 4.00. The summed E-state index contributed by atoms with van der Waals surface area (Å²) in [5.41, 5.74) is 0.946. The highest BCUT2D eigenvalue weighted by Crippen LogP contribution is 2.39. The maximum Gasteiger partial charge on any atom is 0.336 e. The second-order valence-corrected chi connectivity index (χ2v) is 9.29. The van der Waals surface area contributed by atoms with E-state index in [1.165, 1.54) is 6.07 Å². The molecule has 34 heavy (non-hydrogen) atoms. The Morgan fingerprint density at radius 2 is 1.91 bits per heavy atom. The first-order valence-corrected chi connectivity index (χ1v) is 11.8. The molecule has 0 unspecified atom stereocenters. The minimum atomic E-state index is -0.618. The molecular weight excluding hydrogens is 434 g/mol. The van der Waals surface area contributed by atoms with Crippen molar-refractivity contribution in [3.63, 3.8) is 0 Å². The number of carbonyl (C=O) groups excluding carboxylic acids is 1. The van der Waals surface area contributed by atoms with Crippen LogP contribution >= 0.6 is 0 Å². The quantitative estimate of drug-likeness (QED) is 0.576. The lowest BCUT2D eigenvalue weighted by atomic mass is 9.71. The van der Waals surface area contributed by atoms with Crippen LogP contribution in [0.25, 0.3) is 22.1 Å². The minimum absolute atomic E-state index is 0.0962. The molecule has 5 rings (SSSR count). The van der Waals surface area contributed by atoms with Crippen LogP contribution in [0, 0.1) is 5.92 Å². The van der Waals surface area contributed by atoms with Crippen molar-refractivity contribution in [1.29, 1.82) is 0 Å². The fourth-order valence-electron chi connectivity index (χ4n) is 5.28. The number of amides is 1. The van der Waals surface area contributed by atoms with Gasteiger partial charge in [0.25, 0.3) is 5.91 Å². The molecule has 1 amide bonds. The van der Waals surface area contributed by atoms with Crippen molar-refractivity contribution < 1.29 is 23.8 Å². The molecule has 3 aromatic rings. The number of benzene rings is 2. The molecule has 1 aliphatic heterocycles. The van der Waals surface area contributed by atoms with Crippen LogP contribution < -0.4 is 15.1 Å². The SMILES string of the molecule is COc1ccc(-c2cc(=O)oc3cc(OCC(=O)N4CC[C@@]5(O)CCCC[C@H]5C4)ccc23)cc1. The van der Waals surface area contributed by atoms with Gasteiger partial charge in [0, 0.05) is 36.5 Å². The molecule has 2 aromatic carbocycles. The largest absolute Gasteiger partial charge is 0.497 e. The number of ether oxygens (including phenoxy) is 2. The van der Waals surface area contributed by atoms with Gasteiger partial charge in [0.1, 0.15) is 17.1 Å². The zero-order chi connectivity index (χ0) is 23.7. The van der Waals surface area contributed by atoms with E-state index >= 15 is 0 Å². The number of methoxy groups -OCH3 is 1. The van der Waals surface area contributed by atoms with Crippen LogP contribution in [0.3, 0.4) is 0 Å². The molecule has 1 saturated carbocycles. The van der Waals surface area contributed by atoms with Gasteiger partial charge in [-0.25, -0.2) is 4.79 Å². The van der Waals surface area contributed by atoms with Gasteiger partial charge in [-0.15, -0.1) is 0 Å². The van der Waals surface area contributed by atoms with Crippen LogP contribution in [0.5, 0.6) is 11.5 Å². The Morgan fingerprint density at radius 1 is 1.12 bits per heavy atom. The second-order valence-electron chi connectivity index (χ2n) is 9.29. The summed E-state index contributed by atoms with van der Waals surface area (Å²) in [4.78, 5) is 26.8. The zero-order valence-corrected chi connectivity index (χ0v) is 19.3. The normalized spacial score (nSPS) is 22.3. The smallest absolute Gasteiger partial charge is 0.336 e. The zero-order valence-electron chi connectivity index (χ0n) is 19.3. The third-order valence-corrected chi connectivity index (χ3v) is 7.26. The van der Waals surface area contributed by atoms with Crippen molar-refractivity contribution in [3.8, 4) is 22.6 Å². The standard InChI is InChI=1S/C27H29NO6/c1-32-20-7-5-18(6-8-20)23-15-26(30)34-24-14-21(9-10-22(23)24)33-17-25(29)28-13-12-27(31)11-3-2-4-19(27)16-28/h5-10,14-15,19,31H,2-4,11-13,16-17H2,1H3/t19-,27-/m0/s1. The first kappa shape index (κ1) is 22.5. The van der Waals surface area contributed by atoms with E-state index in [1.807, 2.05) is 30.3 Å². The highest BCUT2D eigenvalue weighted by Gasteiger charge is 2.43. The Morgan fingerprint density at radius 3 is 2.71 bits per heavy atom. The number of piperidine rings is 1. The van der Waals surface area contributed by atoms with Crippen LogP contribution in [0.15, 0.2) is 57.7 Å². The predicted molar refractivity (Wildman–Crippen MR) is 128 cm³/mol. The molecule has 1 saturated heterocycles. The lowest BCUT2D eigenvalue weighted by Gasteiger charge is -2.47. The van der Waals surface area contributed by atoms with Gasteiger partial charge in [-0.2, -0.15) is 0 Å². The molecule has 0 spiro atoms. The number of carbonyl (C=O) groups is 1. The third-order valence-electron chi connectivity index (χ3n) is 7.26. The fourth-order valence-corrected chi connectivity index (χ4v) is 5.28. The fraction of sp³-hybridized carbons (Fsp3) is 0.407. The van der Waals surface area contributed by atoms with Gasteiger partial charge in [-0.1, -0.05) is 25.0 Å². The molecule has 1 N–H and O–H groups in total. The molecule has 2 atom stereocenters. The minimum Gasteiger partial charge on any atom is -0.497 e. The topological polar surface area (TPSA) is 89.2 Å². The first-order valence-electron chi connectivity index (χ1n) is 11.8. The van der Waals surface area contributed by atoms with Gasteiger partial charge in [0.15, 0.2) is 6.61 Å². The van der Waals surface area contributed by atoms with E-state index in [1.54, 1.807) is 24.1 Å². The summed E-state index contributed by atoms with van der Waals surface area (Å²) >= 11 is 0. The summed E-state index contributed by atoms with van der Waals surface area (Å²) in [5, 5.41) is 11.6. The summed E-state index contributed by atoms with van der Waals surface area (Å²) in [6, 6.07) is 14.2. The number of hydrogen-bond donors (Lipinski definition) is 1. The molecule has 0 radical (unpaired) electrons. The Hall–Kier alpha value is -3.32. The van der Waals surface area contributed by atoms with Gasteiger partial charge in [-0.3, -0.25) is 4.79 Å². The Bertz CT molecular complexity index is 1250. The van der Waals surface area contributed by atoms with E-state index in [4.69, 9.17) is 13.9 Å². The van der Waals surface area contributed by atoms with Crippen molar-refractivity contribution in [2.24, 2.45) is 5.92 Å². The van der Waals surface area contributed by atoms with Crippen LogP contribution in [-0.2, 0) is 4.79 Å². The van der Waals surface area contributed by atoms with E-state index in [-0.39, 0.29) is 18.4 Å². The van der Waals surface area contributed by atoms with Gasteiger partial charge < -0.3 is 23.9 Å². The number of fused-ring (bicyclic) bond motifs is 2. The summed E-state index contributed by atoms with van der Waals surface area (Å²) in [6.45, 7) is 1.03. The van der Waals surface area contributed by atoms with Gasteiger partial charge >= 0.3 is 5.63 Å². The van der Waals surface area contributed by atoms with E-state index < -0.39 is 11.2 Å². The van der Waals surface area contributed by atoms with E-state index in [0.717, 1.165) is 47.9 Å². The molecule has 1 aliphatic carbocycles. The first-order chi connectivity index (χ1) is 16.4. The van der Waals surface area contributed by atoms with Crippen molar-refractivity contribution in [3.05, 3.63) is 59.0 Å². The summed E-state index contributed by atoms with van der Waals surface area (Å²) in [7, 11) is 1.61. The van der Waals surface area contributed by atoms with Crippen LogP contribution in [-0.4, -0.2) is 48.3 Å². The highest BCUT2D eigenvalue weighted by atomic mass is 16.5. The monoisotopic (exact) mass is 463 g/mol. The van der Waals surface area contributed by atoms with Crippen molar-refractivity contribution in [1.82, 2.24) is 4.90 Å². The number of rotatable bonds is 5. The maximum absolute atomic E-state index is 12.8. The van der Waals surface area contributed by atoms with Crippen molar-refractivity contribution in [2.75, 3.05) is 26.8 Å². The van der Waals surface area contributed by atoms with Crippen molar-refractivity contribution in [2.45, 2.75) is 37.7 Å². The molecule has 2 aliphatic rings. The molecular formula is C27H29NO6. The number of nitrogens with zero attached hydrogens (tertiary/aromatic N) is 1. The molecule has 178 valence electrons. The van der Waals surface area contributed by atoms with Gasteiger partial charge in [0.2, 0.25) is 0 Å². The van der Waals surface area contributed by atoms with Crippen molar-refractivity contribution >= 4 is 16.9 Å².